The molecule has 1 saturated heterocycles. The SMILES string of the molecule is COc1cc(OC)c(CN2CCN(c3ncccn3)CC2)cc1Br. The summed E-state index contributed by atoms with van der Waals surface area (Å²) in [5.74, 6) is 2.44. The highest BCUT2D eigenvalue weighted by molar-refractivity contribution is 9.10. The van der Waals surface area contributed by atoms with Crippen LogP contribution >= 0.6 is 15.9 Å². The first-order valence-electron chi connectivity index (χ1n) is 7.86. The summed E-state index contributed by atoms with van der Waals surface area (Å²) in [5.41, 5.74) is 1.15. The quantitative estimate of drug-likeness (QED) is 0.779. The van der Waals surface area contributed by atoms with Crippen molar-refractivity contribution in [2.24, 2.45) is 0 Å². The monoisotopic (exact) mass is 392 g/mol. The summed E-state index contributed by atoms with van der Waals surface area (Å²) < 4.78 is 11.8. The van der Waals surface area contributed by atoms with Crippen LogP contribution in [-0.4, -0.2) is 55.3 Å². The van der Waals surface area contributed by atoms with Gasteiger partial charge in [0.25, 0.3) is 0 Å². The fraction of sp³-hybridized carbons (Fsp3) is 0.412. The van der Waals surface area contributed by atoms with Gasteiger partial charge in [-0.15, -0.1) is 0 Å². The highest BCUT2D eigenvalue weighted by Crippen LogP contribution is 2.33. The number of anilines is 1. The van der Waals surface area contributed by atoms with Crippen LogP contribution in [0.3, 0.4) is 0 Å². The van der Waals surface area contributed by atoms with Gasteiger partial charge >= 0.3 is 0 Å². The zero-order valence-corrected chi connectivity index (χ0v) is 15.5. The van der Waals surface area contributed by atoms with Crippen molar-refractivity contribution >= 4 is 21.9 Å². The van der Waals surface area contributed by atoms with Gasteiger partial charge in [-0.05, 0) is 28.1 Å². The van der Waals surface area contributed by atoms with E-state index < -0.39 is 0 Å². The van der Waals surface area contributed by atoms with Gasteiger partial charge in [0.2, 0.25) is 5.95 Å². The van der Waals surface area contributed by atoms with Crippen LogP contribution < -0.4 is 14.4 Å². The molecule has 1 aromatic heterocycles. The minimum atomic E-state index is 0.779. The summed E-state index contributed by atoms with van der Waals surface area (Å²) in [7, 11) is 3.35. The molecule has 0 spiro atoms. The van der Waals surface area contributed by atoms with Crippen LogP contribution in [0.4, 0.5) is 5.95 Å². The molecular formula is C17H21BrN4O2. The first kappa shape index (κ1) is 17.0. The lowest BCUT2D eigenvalue weighted by Crippen LogP contribution is -2.46. The first-order valence-corrected chi connectivity index (χ1v) is 8.65. The van der Waals surface area contributed by atoms with E-state index in [0.717, 1.165) is 60.2 Å². The number of piperazine rings is 1. The van der Waals surface area contributed by atoms with Crippen LogP contribution in [0.1, 0.15) is 5.56 Å². The molecule has 3 rings (SSSR count). The Balaban J connectivity index is 1.65. The smallest absolute Gasteiger partial charge is 0.225 e. The Morgan fingerprint density at radius 2 is 1.67 bits per heavy atom. The van der Waals surface area contributed by atoms with E-state index in [1.165, 1.54) is 0 Å². The third kappa shape index (κ3) is 3.79. The second-order valence-electron chi connectivity index (χ2n) is 5.61. The molecule has 6 nitrogen and oxygen atoms in total. The number of hydrogen-bond donors (Lipinski definition) is 0. The topological polar surface area (TPSA) is 50.7 Å². The van der Waals surface area contributed by atoms with Crippen molar-refractivity contribution in [1.29, 1.82) is 0 Å². The average Bonchev–Trinajstić information content (AvgIpc) is 2.63. The van der Waals surface area contributed by atoms with Crippen LogP contribution in [0.2, 0.25) is 0 Å². The summed E-state index contributed by atoms with van der Waals surface area (Å²) in [6.07, 6.45) is 3.57. The zero-order chi connectivity index (χ0) is 16.9. The van der Waals surface area contributed by atoms with Crippen molar-refractivity contribution in [1.82, 2.24) is 14.9 Å². The van der Waals surface area contributed by atoms with Gasteiger partial charge in [-0.3, -0.25) is 4.90 Å². The van der Waals surface area contributed by atoms with Gasteiger partial charge < -0.3 is 14.4 Å². The maximum absolute atomic E-state index is 5.52. The number of aromatic nitrogens is 2. The van der Waals surface area contributed by atoms with Crippen LogP contribution in [0.25, 0.3) is 0 Å². The second-order valence-corrected chi connectivity index (χ2v) is 6.46. The molecule has 1 aliphatic heterocycles. The molecule has 1 fully saturated rings. The number of nitrogens with zero attached hydrogens (tertiary/aromatic N) is 4. The molecule has 128 valence electrons. The van der Waals surface area contributed by atoms with Crippen molar-refractivity contribution in [2.45, 2.75) is 6.54 Å². The third-order valence-electron chi connectivity index (χ3n) is 4.16. The van der Waals surface area contributed by atoms with E-state index in [4.69, 9.17) is 9.47 Å². The largest absolute Gasteiger partial charge is 0.496 e. The summed E-state index contributed by atoms with van der Waals surface area (Å²) in [4.78, 5) is 13.3. The lowest BCUT2D eigenvalue weighted by Gasteiger charge is -2.34. The van der Waals surface area contributed by atoms with Crippen molar-refractivity contribution in [3.63, 3.8) is 0 Å². The molecule has 24 heavy (non-hydrogen) atoms. The number of ether oxygens (including phenoxy) is 2. The van der Waals surface area contributed by atoms with E-state index in [2.05, 4.69) is 41.8 Å². The minimum Gasteiger partial charge on any atom is -0.496 e. The predicted molar refractivity (Wildman–Crippen MR) is 96.8 cm³/mol. The molecule has 1 aliphatic rings. The fourth-order valence-electron chi connectivity index (χ4n) is 2.85. The normalized spacial score (nSPS) is 15.4. The van der Waals surface area contributed by atoms with Crippen LogP contribution in [0.5, 0.6) is 11.5 Å². The fourth-order valence-corrected chi connectivity index (χ4v) is 3.40. The Bertz CT molecular complexity index is 676. The number of benzene rings is 1. The third-order valence-corrected chi connectivity index (χ3v) is 4.78. The van der Waals surface area contributed by atoms with E-state index in [1.807, 2.05) is 12.1 Å². The van der Waals surface area contributed by atoms with E-state index in [9.17, 15) is 0 Å². The molecule has 7 heteroatoms. The lowest BCUT2D eigenvalue weighted by atomic mass is 10.1. The summed E-state index contributed by atoms with van der Waals surface area (Å²) in [6.45, 7) is 4.61. The molecule has 0 amide bonds. The number of rotatable bonds is 5. The predicted octanol–water partition coefficient (Wildman–Crippen LogP) is 2.58. The number of hydrogen-bond acceptors (Lipinski definition) is 6. The van der Waals surface area contributed by atoms with E-state index >= 15 is 0 Å². The second kappa shape index (κ2) is 7.81. The summed E-state index contributed by atoms with van der Waals surface area (Å²) >= 11 is 3.55. The first-order chi connectivity index (χ1) is 11.7. The van der Waals surface area contributed by atoms with Gasteiger partial charge in [-0.1, -0.05) is 0 Å². The lowest BCUT2D eigenvalue weighted by molar-refractivity contribution is 0.244. The molecule has 0 aliphatic carbocycles. The Morgan fingerprint density at radius 1 is 1.00 bits per heavy atom. The number of halogens is 1. The zero-order valence-electron chi connectivity index (χ0n) is 13.9. The molecular weight excluding hydrogens is 372 g/mol. The standard InChI is InChI=1S/C17H21BrN4O2/c1-23-15-11-16(24-2)14(18)10-13(15)12-21-6-8-22(9-7-21)17-19-4-3-5-20-17/h3-5,10-11H,6-9,12H2,1-2H3. The van der Waals surface area contributed by atoms with Gasteiger partial charge in [-0.2, -0.15) is 0 Å². The summed E-state index contributed by atoms with van der Waals surface area (Å²) in [5, 5.41) is 0. The maximum Gasteiger partial charge on any atom is 0.225 e. The minimum absolute atomic E-state index is 0.779. The van der Waals surface area contributed by atoms with Crippen molar-refractivity contribution in [3.05, 3.63) is 40.6 Å². The molecule has 2 heterocycles. The molecule has 2 aromatic rings. The van der Waals surface area contributed by atoms with Gasteiger partial charge in [0.05, 0.1) is 18.7 Å². The molecule has 0 radical (unpaired) electrons. The Kier molecular flexibility index (Phi) is 5.52. The summed E-state index contributed by atoms with van der Waals surface area (Å²) in [6, 6.07) is 5.84. The van der Waals surface area contributed by atoms with Crippen LogP contribution in [-0.2, 0) is 6.54 Å². The van der Waals surface area contributed by atoms with Gasteiger partial charge in [0, 0.05) is 56.7 Å². The van der Waals surface area contributed by atoms with Gasteiger partial charge in [-0.25, -0.2) is 9.97 Å². The molecule has 1 aromatic carbocycles. The number of methoxy groups -OCH3 is 2. The molecule has 0 bridgehead atoms. The van der Waals surface area contributed by atoms with E-state index in [1.54, 1.807) is 26.6 Å². The Hall–Kier alpha value is -1.86. The highest BCUT2D eigenvalue weighted by Gasteiger charge is 2.20. The van der Waals surface area contributed by atoms with Crippen molar-refractivity contribution in [2.75, 3.05) is 45.3 Å². The van der Waals surface area contributed by atoms with E-state index in [-0.39, 0.29) is 0 Å². The van der Waals surface area contributed by atoms with Gasteiger partial charge in [0.1, 0.15) is 11.5 Å². The van der Waals surface area contributed by atoms with Crippen LogP contribution in [0, 0.1) is 0 Å². The maximum atomic E-state index is 5.52. The Labute approximate surface area is 150 Å². The average molecular weight is 393 g/mol. The van der Waals surface area contributed by atoms with E-state index in [0.29, 0.717) is 0 Å². The molecule has 0 unspecified atom stereocenters. The molecule has 0 atom stereocenters. The Morgan fingerprint density at radius 3 is 2.29 bits per heavy atom. The van der Waals surface area contributed by atoms with Gasteiger partial charge in [0.15, 0.2) is 0 Å². The molecule has 0 N–H and O–H groups in total. The van der Waals surface area contributed by atoms with Crippen molar-refractivity contribution < 1.29 is 9.47 Å². The van der Waals surface area contributed by atoms with Crippen LogP contribution in [0.15, 0.2) is 35.1 Å². The highest BCUT2D eigenvalue weighted by atomic mass is 79.9. The molecule has 0 saturated carbocycles. The van der Waals surface area contributed by atoms with Crippen molar-refractivity contribution in [3.8, 4) is 11.5 Å².